The van der Waals surface area contributed by atoms with Crippen LogP contribution in [0.25, 0.3) is 6.08 Å². The Balaban J connectivity index is 2.27. The second kappa shape index (κ2) is 5.91. The van der Waals surface area contributed by atoms with E-state index < -0.39 is 0 Å². The molecule has 98 valence electrons. The molecular formula is C15H14O4. The Hall–Kier alpha value is -2.49. The lowest BCUT2D eigenvalue weighted by Crippen LogP contribution is -1.99. The van der Waals surface area contributed by atoms with Gasteiger partial charge < -0.3 is 13.9 Å². The summed E-state index contributed by atoms with van der Waals surface area (Å²) in [5, 5.41) is 0. The number of hydrogen-bond acceptors (Lipinski definition) is 4. The van der Waals surface area contributed by atoms with E-state index in [1.807, 2.05) is 0 Å². The molecule has 0 fully saturated rings. The Bertz CT molecular complexity index is 582. The molecule has 0 aliphatic rings. The highest BCUT2D eigenvalue weighted by atomic mass is 16.5. The average Bonchev–Trinajstić information content (AvgIpc) is 2.97. The van der Waals surface area contributed by atoms with Gasteiger partial charge in [-0.25, -0.2) is 0 Å². The van der Waals surface area contributed by atoms with Crippen molar-refractivity contribution in [3.8, 4) is 11.5 Å². The molecule has 0 aliphatic carbocycles. The van der Waals surface area contributed by atoms with Crippen LogP contribution in [-0.2, 0) is 0 Å². The average molecular weight is 258 g/mol. The smallest absolute Gasteiger partial charge is 0.189 e. The molecule has 0 amide bonds. The van der Waals surface area contributed by atoms with Crippen LogP contribution in [0.15, 0.2) is 47.3 Å². The number of allylic oxidation sites excluding steroid dienone is 1. The minimum absolute atomic E-state index is 0.156. The lowest BCUT2D eigenvalue weighted by atomic mass is 10.1. The molecule has 4 nitrogen and oxygen atoms in total. The number of carbonyl (C=O) groups is 1. The Morgan fingerprint density at radius 1 is 1.21 bits per heavy atom. The van der Waals surface area contributed by atoms with Gasteiger partial charge in [-0.15, -0.1) is 0 Å². The molecule has 1 aromatic carbocycles. The van der Waals surface area contributed by atoms with E-state index in [4.69, 9.17) is 13.9 Å². The van der Waals surface area contributed by atoms with Gasteiger partial charge in [0.1, 0.15) is 11.5 Å². The van der Waals surface area contributed by atoms with Gasteiger partial charge in [0.25, 0.3) is 0 Å². The van der Waals surface area contributed by atoms with Gasteiger partial charge in [0.15, 0.2) is 5.78 Å². The van der Waals surface area contributed by atoms with Crippen molar-refractivity contribution >= 4 is 11.9 Å². The van der Waals surface area contributed by atoms with E-state index in [2.05, 4.69) is 0 Å². The summed E-state index contributed by atoms with van der Waals surface area (Å²) >= 11 is 0. The monoisotopic (exact) mass is 258 g/mol. The zero-order valence-electron chi connectivity index (χ0n) is 10.8. The minimum atomic E-state index is -0.156. The van der Waals surface area contributed by atoms with Gasteiger partial charge in [0, 0.05) is 5.56 Å². The summed E-state index contributed by atoms with van der Waals surface area (Å²) < 4.78 is 15.2. The van der Waals surface area contributed by atoms with E-state index >= 15 is 0 Å². The number of rotatable bonds is 5. The van der Waals surface area contributed by atoms with Crippen LogP contribution in [0.4, 0.5) is 0 Å². The molecule has 0 aliphatic heterocycles. The third-order valence-corrected chi connectivity index (χ3v) is 2.64. The molecule has 0 saturated heterocycles. The van der Waals surface area contributed by atoms with Gasteiger partial charge in [0.05, 0.1) is 32.3 Å². The highest BCUT2D eigenvalue weighted by Crippen LogP contribution is 2.24. The third-order valence-electron chi connectivity index (χ3n) is 2.64. The fraction of sp³-hybridized carbons (Fsp3) is 0.133. The van der Waals surface area contributed by atoms with Gasteiger partial charge in [-0.05, 0) is 36.4 Å². The summed E-state index contributed by atoms with van der Waals surface area (Å²) in [5.74, 6) is 0.973. The van der Waals surface area contributed by atoms with Crippen molar-refractivity contribution in [3.05, 3.63) is 54.0 Å². The van der Waals surface area contributed by atoms with E-state index in [9.17, 15) is 4.79 Å². The van der Waals surface area contributed by atoms with Crippen LogP contribution >= 0.6 is 0 Å². The molecular weight excluding hydrogens is 244 g/mol. The first-order chi connectivity index (χ1) is 9.24. The van der Waals surface area contributed by atoms with Crippen molar-refractivity contribution in [2.75, 3.05) is 14.2 Å². The van der Waals surface area contributed by atoms with Gasteiger partial charge >= 0.3 is 0 Å². The Labute approximate surface area is 111 Å². The van der Waals surface area contributed by atoms with Crippen LogP contribution in [0.2, 0.25) is 0 Å². The van der Waals surface area contributed by atoms with Crippen LogP contribution < -0.4 is 9.47 Å². The quantitative estimate of drug-likeness (QED) is 0.610. The first kappa shape index (κ1) is 13.0. The number of methoxy groups -OCH3 is 2. The maximum absolute atomic E-state index is 12.1. The van der Waals surface area contributed by atoms with Crippen LogP contribution in [-0.4, -0.2) is 20.0 Å². The first-order valence-corrected chi connectivity index (χ1v) is 5.71. The van der Waals surface area contributed by atoms with Gasteiger partial charge in [-0.1, -0.05) is 0 Å². The van der Waals surface area contributed by atoms with Gasteiger partial charge in [-0.3, -0.25) is 4.79 Å². The van der Waals surface area contributed by atoms with Crippen LogP contribution in [0, 0.1) is 0 Å². The second-order valence-electron chi connectivity index (χ2n) is 3.82. The molecule has 0 bridgehead atoms. The van der Waals surface area contributed by atoms with Crippen LogP contribution in [0.1, 0.15) is 15.9 Å². The number of benzene rings is 1. The molecule has 0 spiro atoms. The summed E-state index contributed by atoms with van der Waals surface area (Å²) in [4.78, 5) is 12.1. The van der Waals surface area contributed by atoms with Crippen molar-refractivity contribution in [3.63, 3.8) is 0 Å². The highest BCUT2D eigenvalue weighted by molar-refractivity contribution is 6.08. The third kappa shape index (κ3) is 3.04. The fourth-order valence-corrected chi connectivity index (χ4v) is 1.64. The van der Waals surface area contributed by atoms with E-state index in [0.717, 1.165) is 5.56 Å². The first-order valence-electron chi connectivity index (χ1n) is 5.71. The Morgan fingerprint density at radius 3 is 2.68 bits per heavy atom. The van der Waals surface area contributed by atoms with Crippen molar-refractivity contribution in [1.29, 1.82) is 0 Å². The van der Waals surface area contributed by atoms with Crippen molar-refractivity contribution < 1.29 is 18.7 Å². The molecule has 0 unspecified atom stereocenters. The maximum Gasteiger partial charge on any atom is 0.189 e. The van der Waals surface area contributed by atoms with Crippen molar-refractivity contribution in [2.45, 2.75) is 0 Å². The topological polar surface area (TPSA) is 48.7 Å². The highest BCUT2D eigenvalue weighted by Gasteiger charge is 2.11. The lowest BCUT2D eigenvalue weighted by Gasteiger charge is -2.07. The second-order valence-corrected chi connectivity index (χ2v) is 3.82. The molecule has 0 saturated carbocycles. The van der Waals surface area contributed by atoms with Gasteiger partial charge in [-0.2, -0.15) is 0 Å². The van der Waals surface area contributed by atoms with Crippen LogP contribution in [0.3, 0.4) is 0 Å². The molecule has 2 rings (SSSR count). The fourth-order valence-electron chi connectivity index (χ4n) is 1.64. The number of carbonyl (C=O) groups excluding carboxylic acids is 1. The summed E-state index contributed by atoms with van der Waals surface area (Å²) in [6.07, 6.45) is 6.27. The summed E-state index contributed by atoms with van der Waals surface area (Å²) in [7, 11) is 3.08. The molecule has 0 atom stereocenters. The van der Waals surface area contributed by atoms with Crippen LogP contribution in [0.5, 0.6) is 11.5 Å². The lowest BCUT2D eigenvalue weighted by molar-refractivity contribution is 0.104. The predicted molar refractivity (Wildman–Crippen MR) is 71.6 cm³/mol. The Kier molecular flexibility index (Phi) is 4.03. The standard InChI is InChI=1S/C15H14O4/c1-17-12-4-6-15(18-2)13(9-12)14(16)5-3-11-7-8-19-10-11/h3-10H,1-2H3/b5-3+. The summed E-state index contributed by atoms with van der Waals surface area (Å²) in [6.45, 7) is 0. The Morgan fingerprint density at radius 2 is 2.05 bits per heavy atom. The zero-order valence-corrected chi connectivity index (χ0v) is 10.8. The summed E-state index contributed by atoms with van der Waals surface area (Å²) in [5.41, 5.74) is 1.29. The van der Waals surface area contributed by atoms with Crippen molar-refractivity contribution in [2.24, 2.45) is 0 Å². The molecule has 0 radical (unpaired) electrons. The summed E-state index contributed by atoms with van der Waals surface area (Å²) in [6, 6.07) is 6.88. The zero-order chi connectivity index (χ0) is 13.7. The molecule has 2 aromatic rings. The molecule has 4 heteroatoms. The molecule has 19 heavy (non-hydrogen) atoms. The van der Waals surface area contributed by atoms with Gasteiger partial charge in [0.2, 0.25) is 0 Å². The maximum atomic E-state index is 12.1. The van der Waals surface area contributed by atoms with E-state index in [0.29, 0.717) is 17.1 Å². The SMILES string of the molecule is COc1ccc(OC)c(C(=O)/C=C/c2ccoc2)c1. The molecule has 1 heterocycles. The van der Waals surface area contributed by atoms with E-state index in [1.54, 1.807) is 50.0 Å². The number of ketones is 1. The minimum Gasteiger partial charge on any atom is -0.497 e. The molecule has 0 N–H and O–H groups in total. The number of hydrogen-bond donors (Lipinski definition) is 0. The normalized spacial score (nSPS) is 10.6. The largest absolute Gasteiger partial charge is 0.497 e. The predicted octanol–water partition coefficient (Wildman–Crippen LogP) is 3.19. The molecule has 1 aromatic heterocycles. The van der Waals surface area contributed by atoms with E-state index in [-0.39, 0.29) is 5.78 Å². The van der Waals surface area contributed by atoms with Crippen molar-refractivity contribution in [1.82, 2.24) is 0 Å². The van der Waals surface area contributed by atoms with E-state index in [1.165, 1.54) is 13.2 Å². The number of furan rings is 1. The number of ether oxygens (including phenoxy) is 2.